The molecule has 1 saturated carbocycles. The number of amides is 1. The summed E-state index contributed by atoms with van der Waals surface area (Å²) in [5.41, 5.74) is 4.95. The van der Waals surface area contributed by atoms with Crippen molar-refractivity contribution in [2.45, 2.75) is 58.0 Å². The summed E-state index contributed by atoms with van der Waals surface area (Å²) in [5, 5.41) is 3.28. The Hall–Kier alpha value is -0.610. The van der Waals surface area contributed by atoms with Crippen LogP contribution in [0.4, 0.5) is 0 Å². The normalized spacial score (nSPS) is 19.3. The van der Waals surface area contributed by atoms with Crippen LogP contribution in [0.25, 0.3) is 0 Å². The summed E-state index contributed by atoms with van der Waals surface area (Å²) >= 11 is 0. The maximum atomic E-state index is 11.6. The molecule has 1 rings (SSSR count). The van der Waals surface area contributed by atoms with Crippen LogP contribution in [0.15, 0.2) is 0 Å². The maximum Gasteiger partial charge on any atom is 0.237 e. The SMILES string of the molecule is CCCNC(C)(CCN(CC)C1CC1)C(N)=O. The molecule has 0 aliphatic heterocycles. The van der Waals surface area contributed by atoms with Crippen molar-refractivity contribution in [3.63, 3.8) is 0 Å². The second kappa shape index (κ2) is 6.36. The lowest BCUT2D eigenvalue weighted by Crippen LogP contribution is -2.54. The molecular formula is C13H27N3O. The van der Waals surface area contributed by atoms with E-state index in [1.165, 1.54) is 12.8 Å². The van der Waals surface area contributed by atoms with Crippen LogP contribution in [0.5, 0.6) is 0 Å². The predicted molar refractivity (Wildman–Crippen MR) is 70.8 cm³/mol. The minimum atomic E-state index is -0.557. The number of carbonyl (C=O) groups is 1. The van der Waals surface area contributed by atoms with E-state index >= 15 is 0 Å². The second-order valence-corrected chi connectivity index (χ2v) is 5.23. The fraction of sp³-hybridized carbons (Fsp3) is 0.923. The molecule has 4 nitrogen and oxygen atoms in total. The molecule has 0 aromatic carbocycles. The zero-order valence-corrected chi connectivity index (χ0v) is 11.5. The zero-order chi connectivity index (χ0) is 12.9. The summed E-state index contributed by atoms with van der Waals surface area (Å²) in [6.07, 6.45) is 4.43. The third-order valence-electron chi connectivity index (χ3n) is 3.68. The minimum absolute atomic E-state index is 0.238. The van der Waals surface area contributed by atoms with E-state index in [1.807, 2.05) is 6.92 Å². The van der Waals surface area contributed by atoms with Crippen molar-refractivity contribution in [2.24, 2.45) is 5.73 Å². The number of hydrogen-bond acceptors (Lipinski definition) is 3. The van der Waals surface area contributed by atoms with E-state index < -0.39 is 5.54 Å². The first-order valence-electron chi connectivity index (χ1n) is 6.82. The molecule has 1 atom stereocenters. The second-order valence-electron chi connectivity index (χ2n) is 5.23. The van der Waals surface area contributed by atoms with Gasteiger partial charge in [-0.15, -0.1) is 0 Å². The van der Waals surface area contributed by atoms with Crippen LogP contribution in [0.2, 0.25) is 0 Å². The van der Waals surface area contributed by atoms with Gasteiger partial charge in [-0.2, -0.15) is 0 Å². The third kappa shape index (κ3) is 4.28. The van der Waals surface area contributed by atoms with Crippen molar-refractivity contribution in [3.05, 3.63) is 0 Å². The van der Waals surface area contributed by atoms with Crippen LogP contribution in [0.3, 0.4) is 0 Å². The van der Waals surface area contributed by atoms with Crippen LogP contribution < -0.4 is 11.1 Å². The van der Waals surface area contributed by atoms with Gasteiger partial charge in [0, 0.05) is 12.6 Å². The molecule has 1 unspecified atom stereocenters. The summed E-state index contributed by atoms with van der Waals surface area (Å²) < 4.78 is 0. The van der Waals surface area contributed by atoms with E-state index in [2.05, 4.69) is 24.1 Å². The average molecular weight is 241 g/mol. The standard InChI is InChI=1S/C13H27N3O/c1-4-9-15-13(3,12(14)17)8-10-16(5-2)11-6-7-11/h11,15H,4-10H2,1-3H3,(H2,14,17). The maximum absolute atomic E-state index is 11.6. The number of nitrogens with zero attached hydrogens (tertiary/aromatic N) is 1. The Morgan fingerprint density at radius 1 is 1.47 bits per heavy atom. The molecule has 0 saturated heterocycles. The lowest BCUT2D eigenvalue weighted by molar-refractivity contribution is -0.124. The van der Waals surface area contributed by atoms with Crippen molar-refractivity contribution in [3.8, 4) is 0 Å². The number of hydrogen-bond donors (Lipinski definition) is 2. The topological polar surface area (TPSA) is 58.4 Å². The molecule has 1 fully saturated rings. The number of carbonyl (C=O) groups excluding carboxylic acids is 1. The van der Waals surface area contributed by atoms with Crippen molar-refractivity contribution in [2.75, 3.05) is 19.6 Å². The highest BCUT2D eigenvalue weighted by Gasteiger charge is 2.33. The molecule has 1 amide bonds. The van der Waals surface area contributed by atoms with E-state index in [0.717, 1.165) is 38.5 Å². The van der Waals surface area contributed by atoms with Crippen LogP contribution in [-0.4, -0.2) is 42.0 Å². The first-order valence-corrected chi connectivity index (χ1v) is 6.82. The Morgan fingerprint density at radius 3 is 2.53 bits per heavy atom. The van der Waals surface area contributed by atoms with Gasteiger partial charge in [0.15, 0.2) is 0 Å². The monoisotopic (exact) mass is 241 g/mol. The molecule has 0 heterocycles. The fourth-order valence-electron chi connectivity index (χ4n) is 2.11. The van der Waals surface area contributed by atoms with Gasteiger partial charge in [-0.3, -0.25) is 4.79 Å². The Kier molecular flexibility index (Phi) is 5.40. The quantitative estimate of drug-likeness (QED) is 0.635. The summed E-state index contributed by atoms with van der Waals surface area (Å²) in [7, 11) is 0. The average Bonchev–Trinajstić information content (AvgIpc) is 3.11. The van der Waals surface area contributed by atoms with E-state index in [9.17, 15) is 4.79 Å². The molecule has 100 valence electrons. The number of nitrogens with one attached hydrogen (secondary N) is 1. The first kappa shape index (κ1) is 14.5. The van der Waals surface area contributed by atoms with Gasteiger partial charge in [0.25, 0.3) is 0 Å². The van der Waals surface area contributed by atoms with Gasteiger partial charge in [-0.25, -0.2) is 0 Å². The van der Waals surface area contributed by atoms with Gasteiger partial charge < -0.3 is 16.0 Å². The minimum Gasteiger partial charge on any atom is -0.368 e. The number of primary amides is 1. The molecule has 0 spiro atoms. The molecule has 0 aromatic heterocycles. The largest absolute Gasteiger partial charge is 0.368 e. The summed E-state index contributed by atoms with van der Waals surface area (Å²) in [5.74, 6) is -0.238. The Labute approximate surface area is 105 Å². The zero-order valence-electron chi connectivity index (χ0n) is 11.5. The van der Waals surface area contributed by atoms with Gasteiger partial charge in [0.2, 0.25) is 5.91 Å². The van der Waals surface area contributed by atoms with Crippen molar-refractivity contribution in [1.82, 2.24) is 10.2 Å². The summed E-state index contributed by atoms with van der Waals surface area (Å²) in [6, 6.07) is 0.753. The predicted octanol–water partition coefficient (Wildman–Crippen LogP) is 1.10. The molecule has 1 aliphatic rings. The van der Waals surface area contributed by atoms with Gasteiger partial charge in [0.1, 0.15) is 0 Å². The Balaban J connectivity index is 2.44. The molecule has 0 bridgehead atoms. The lowest BCUT2D eigenvalue weighted by atomic mass is 9.96. The van der Waals surface area contributed by atoms with Crippen molar-refractivity contribution in [1.29, 1.82) is 0 Å². The molecular weight excluding hydrogens is 214 g/mol. The number of rotatable bonds is 9. The van der Waals surface area contributed by atoms with Crippen molar-refractivity contribution >= 4 is 5.91 Å². The van der Waals surface area contributed by atoms with Crippen molar-refractivity contribution < 1.29 is 4.79 Å². The van der Waals surface area contributed by atoms with Crippen LogP contribution in [0, 0.1) is 0 Å². The van der Waals surface area contributed by atoms with E-state index in [1.54, 1.807) is 0 Å². The molecule has 17 heavy (non-hydrogen) atoms. The van der Waals surface area contributed by atoms with E-state index in [0.29, 0.717) is 0 Å². The lowest BCUT2D eigenvalue weighted by Gasteiger charge is -2.30. The molecule has 0 radical (unpaired) electrons. The van der Waals surface area contributed by atoms with Crippen LogP contribution >= 0.6 is 0 Å². The van der Waals surface area contributed by atoms with Gasteiger partial charge in [-0.05, 0) is 45.7 Å². The highest BCUT2D eigenvalue weighted by atomic mass is 16.1. The van der Waals surface area contributed by atoms with Crippen LogP contribution in [0.1, 0.15) is 46.5 Å². The fourth-order valence-corrected chi connectivity index (χ4v) is 2.11. The number of nitrogens with two attached hydrogens (primary N) is 1. The Bertz CT molecular complexity index is 253. The van der Waals surface area contributed by atoms with Crippen LogP contribution in [-0.2, 0) is 4.79 Å². The third-order valence-corrected chi connectivity index (χ3v) is 3.68. The van der Waals surface area contributed by atoms with Gasteiger partial charge in [-0.1, -0.05) is 13.8 Å². The van der Waals surface area contributed by atoms with Gasteiger partial charge in [0.05, 0.1) is 5.54 Å². The van der Waals surface area contributed by atoms with Gasteiger partial charge >= 0.3 is 0 Å². The molecule has 1 aliphatic carbocycles. The van der Waals surface area contributed by atoms with E-state index in [-0.39, 0.29) is 5.91 Å². The summed E-state index contributed by atoms with van der Waals surface area (Å²) in [4.78, 5) is 14.0. The summed E-state index contributed by atoms with van der Waals surface area (Å²) in [6.45, 7) is 9.06. The molecule has 4 heteroatoms. The first-order chi connectivity index (χ1) is 8.03. The highest BCUT2D eigenvalue weighted by molar-refractivity contribution is 5.84. The highest BCUT2D eigenvalue weighted by Crippen LogP contribution is 2.27. The van der Waals surface area contributed by atoms with E-state index in [4.69, 9.17) is 5.73 Å². The molecule has 0 aromatic rings. The smallest absolute Gasteiger partial charge is 0.237 e. The molecule has 3 N–H and O–H groups in total. The Morgan fingerprint density at radius 2 is 2.12 bits per heavy atom.